The first-order valence-corrected chi connectivity index (χ1v) is 6.35. The average Bonchev–Trinajstić information content (AvgIpc) is 3.05. The summed E-state index contributed by atoms with van der Waals surface area (Å²) in [6.45, 7) is 5.36. The van der Waals surface area contributed by atoms with E-state index in [4.69, 9.17) is 0 Å². The third kappa shape index (κ3) is 3.26. The van der Waals surface area contributed by atoms with Crippen LogP contribution in [0.4, 0.5) is 0 Å². The molecule has 1 aromatic rings. The molecule has 2 atom stereocenters. The van der Waals surface area contributed by atoms with Crippen molar-refractivity contribution in [2.24, 2.45) is 5.92 Å². The Kier molecular flexibility index (Phi) is 3.79. The molecule has 0 radical (unpaired) electrons. The van der Waals surface area contributed by atoms with Crippen molar-refractivity contribution in [2.75, 3.05) is 6.61 Å². The molecule has 1 heterocycles. The van der Waals surface area contributed by atoms with E-state index < -0.39 is 0 Å². The average molecular weight is 238 g/mol. The Morgan fingerprint density at radius 1 is 1.59 bits per heavy atom. The monoisotopic (exact) mass is 238 g/mol. The molecule has 2 rings (SSSR count). The van der Waals surface area contributed by atoms with Crippen LogP contribution in [0.2, 0.25) is 0 Å². The normalized spacial score (nSPS) is 21.1. The second-order valence-corrected chi connectivity index (χ2v) is 5.34. The summed E-state index contributed by atoms with van der Waals surface area (Å²) in [5.74, 6) is 0.640. The molecule has 0 spiro atoms. The van der Waals surface area contributed by atoms with Gasteiger partial charge < -0.3 is 10.4 Å². The quantitative estimate of drug-likeness (QED) is 0.738. The molecule has 2 N–H and O–H groups in total. The molecule has 5 heteroatoms. The van der Waals surface area contributed by atoms with Crippen molar-refractivity contribution < 1.29 is 5.11 Å². The Labute approximate surface area is 102 Å². The van der Waals surface area contributed by atoms with Crippen molar-refractivity contribution in [1.82, 2.24) is 20.1 Å². The summed E-state index contributed by atoms with van der Waals surface area (Å²) in [5.41, 5.74) is -0.109. The van der Waals surface area contributed by atoms with Crippen LogP contribution in [-0.2, 0) is 6.54 Å². The zero-order valence-electron chi connectivity index (χ0n) is 10.6. The van der Waals surface area contributed by atoms with E-state index in [1.54, 1.807) is 12.7 Å². The van der Waals surface area contributed by atoms with Gasteiger partial charge in [-0.1, -0.05) is 0 Å². The Balaban J connectivity index is 1.77. The van der Waals surface area contributed by atoms with E-state index in [0.29, 0.717) is 12.0 Å². The fraction of sp³-hybridized carbons (Fsp3) is 0.833. The molecular weight excluding hydrogens is 216 g/mol. The van der Waals surface area contributed by atoms with Crippen molar-refractivity contribution >= 4 is 0 Å². The second kappa shape index (κ2) is 5.14. The highest BCUT2D eigenvalue weighted by molar-refractivity contribution is 4.98. The highest BCUT2D eigenvalue weighted by Crippen LogP contribution is 2.39. The fourth-order valence-corrected chi connectivity index (χ4v) is 2.32. The molecule has 0 bridgehead atoms. The van der Waals surface area contributed by atoms with Crippen molar-refractivity contribution in [3.63, 3.8) is 0 Å². The third-order valence-corrected chi connectivity index (χ3v) is 3.64. The van der Waals surface area contributed by atoms with E-state index in [-0.39, 0.29) is 12.1 Å². The smallest absolute Gasteiger partial charge is 0.137 e. The molecule has 1 aliphatic carbocycles. The summed E-state index contributed by atoms with van der Waals surface area (Å²) in [6.07, 6.45) is 6.75. The van der Waals surface area contributed by atoms with Gasteiger partial charge in [0.25, 0.3) is 0 Å². The fourth-order valence-electron chi connectivity index (χ4n) is 2.32. The van der Waals surface area contributed by atoms with Crippen molar-refractivity contribution in [1.29, 1.82) is 0 Å². The van der Waals surface area contributed by atoms with E-state index in [9.17, 15) is 5.11 Å². The van der Waals surface area contributed by atoms with Gasteiger partial charge in [-0.05, 0) is 39.0 Å². The third-order valence-electron chi connectivity index (χ3n) is 3.64. The maximum Gasteiger partial charge on any atom is 0.137 e. The summed E-state index contributed by atoms with van der Waals surface area (Å²) in [5, 5.41) is 17.1. The highest BCUT2D eigenvalue weighted by Gasteiger charge is 2.41. The van der Waals surface area contributed by atoms with Crippen LogP contribution in [0, 0.1) is 5.92 Å². The summed E-state index contributed by atoms with van der Waals surface area (Å²) in [6, 6.07) is 0.372. The van der Waals surface area contributed by atoms with Gasteiger partial charge >= 0.3 is 0 Å². The van der Waals surface area contributed by atoms with Crippen LogP contribution in [0.25, 0.3) is 0 Å². The molecule has 0 amide bonds. The van der Waals surface area contributed by atoms with Crippen molar-refractivity contribution in [3.8, 4) is 0 Å². The SMILES string of the molecule is CC(CCn1cncn1)NC(C)(CO)C1CC1. The van der Waals surface area contributed by atoms with Gasteiger partial charge in [-0.15, -0.1) is 0 Å². The molecule has 2 unspecified atom stereocenters. The van der Waals surface area contributed by atoms with Gasteiger partial charge in [0.15, 0.2) is 0 Å². The lowest BCUT2D eigenvalue weighted by Gasteiger charge is -2.32. The zero-order chi connectivity index (χ0) is 12.3. The van der Waals surface area contributed by atoms with E-state index in [2.05, 4.69) is 29.2 Å². The molecule has 0 aromatic carbocycles. The lowest BCUT2D eigenvalue weighted by molar-refractivity contribution is 0.141. The molecule has 1 fully saturated rings. The molecule has 1 aromatic heterocycles. The maximum atomic E-state index is 9.51. The van der Waals surface area contributed by atoms with Crippen LogP contribution in [0.1, 0.15) is 33.1 Å². The molecule has 0 saturated heterocycles. The molecule has 17 heavy (non-hydrogen) atoms. The lowest BCUT2D eigenvalue weighted by Crippen LogP contribution is -2.51. The highest BCUT2D eigenvalue weighted by atomic mass is 16.3. The van der Waals surface area contributed by atoms with Gasteiger partial charge in [0.1, 0.15) is 12.7 Å². The Morgan fingerprint density at radius 2 is 2.35 bits per heavy atom. The first kappa shape index (κ1) is 12.5. The van der Waals surface area contributed by atoms with E-state index in [1.807, 2.05) is 4.68 Å². The minimum Gasteiger partial charge on any atom is -0.394 e. The van der Waals surface area contributed by atoms with E-state index in [0.717, 1.165) is 13.0 Å². The number of nitrogens with zero attached hydrogens (tertiary/aromatic N) is 3. The summed E-state index contributed by atoms with van der Waals surface area (Å²) < 4.78 is 1.84. The molecule has 1 saturated carbocycles. The number of hydrogen-bond acceptors (Lipinski definition) is 4. The number of aliphatic hydroxyl groups is 1. The second-order valence-electron chi connectivity index (χ2n) is 5.34. The van der Waals surface area contributed by atoms with Crippen LogP contribution in [0.3, 0.4) is 0 Å². The Morgan fingerprint density at radius 3 is 2.88 bits per heavy atom. The number of aliphatic hydroxyl groups excluding tert-OH is 1. The minimum absolute atomic E-state index is 0.109. The standard InChI is InChI=1S/C12H22N4O/c1-10(5-6-16-9-13-8-14-16)15-12(2,7-17)11-3-4-11/h8-11,15,17H,3-7H2,1-2H3. The van der Waals surface area contributed by atoms with Crippen LogP contribution in [0.15, 0.2) is 12.7 Å². The first-order valence-electron chi connectivity index (χ1n) is 6.35. The topological polar surface area (TPSA) is 63.0 Å². The predicted octanol–water partition coefficient (Wildman–Crippen LogP) is 0.807. The van der Waals surface area contributed by atoms with Crippen LogP contribution >= 0.6 is 0 Å². The predicted molar refractivity (Wildman–Crippen MR) is 65.5 cm³/mol. The van der Waals surface area contributed by atoms with Gasteiger partial charge in [-0.3, -0.25) is 4.68 Å². The van der Waals surface area contributed by atoms with Gasteiger partial charge in [-0.25, -0.2) is 4.98 Å². The van der Waals surface area contributed by atoms with E-state index >= 15 is 0 Å². The summed E-state index contributed by atoms with van der Waals surface area (Å²) in [7, 11) is 0. The number of aromatic nitrogens is 3. The molecule has 0 aliphatic heterocycles. The van der Waals surface area contributed by atoms with Crippen LogP contribution < -0.4 is 5.32 Å². The number of hydrogen-bond donors (Lipinski definition) is 2. The first-order chi connectivity index (χ1) is 8.14. The Hall–Kier alpha value is -0.940. The number of nitrogens with one attached hydrogen (secondary N) is 1. The largest absolute Gasteiger partial charge is 0.394 e. The minimum atomic E-state index is -0.109. The molecule has 5 nitrogen and oxygen atoms in total. The summed E-state index contributed by atoms with van der Waals surface area (Å²) in [4.78, 5) is 3.92. The Bertz CT molecular complexity index is 336. The number of rotatable bonds is 7. The van der Waals surface area contributed by atoms with Gasteiger partial charge in [0.05, 0.1) is 6.61 Å². The maximum absolute atomic E-state index is 9.51. The van der Waals surface area contributed by atoms with Crippen LogP contribution in [-0.4, -0.2) is 38.1 Å². The van der Waals surface area contributed by atoms with Gasteiger partial charge in [0, 0.05) is 18.1 Å². The van der Waals surface area contributed by atoms with Crippen molar-refractivity contribution in [3.05, 3.63) is 12.7 Å². The van der Waals surface area contributed by atoms with E-state index in [1.165, 1.54) is 12.8 Å². The number of aryl methyl sites for hydroxylation is 1. The van der Waals surface area contributed by atoms with Crippen LogP contribution in [0.5, 0.6) is 0 Å². The molecule has 96 valence electrons. The van der Waals surface area contributed by atoms with Gasteiger partial charge in [0.2, 0.25) is 0 Å². The molecular formula is C12H22N4O. The zero-order valence-corrected chi connectivity index (χ0v) is 10.6. The molecule has 1 aliphatic rings. The van der Waals surface area contributed by atoms with Crippen molar-refractivity contribution in [2.45, 2.75) is 51.2 Å². The van der Waals surface area contributed by atoms with Gasteiger partial charge in [-0.2, -0.15) is 5.10 Å². The lowest BCUT2D eigenvalue weighted by atomic mass is 9.95. The summed E-state index contributed by atoms with van der Waals surface area (Å²) >= 11 is 0.